The van der Waals surface area contributed by atoms with Crippen LogP contribution in [0.15, 0.2) is 42.0 Å². The van der Waals surface area contributed by atoms with Crippen LogP contribution in [0.4, 0.5) is 4.79 Å². The van der Waals surface area contributed by atoms with Crippen LogP contribution in [0.2, 0.25) is 0 Å². The second-order valence-corrected chi connectivity index (χ2v) is 9.53. The van der Waals surface area contributed by atoms with E-state index in [0.29, 0.717) is 34.1 Å². The van der Waals surface area contributed by atoms with E-state index >= 15 is 0 Å². The van der Waals surface area contributed by atoms with Crippen molar-refractivity contribution in [1.82, 2.24) is 4.90 Å². The number of carbonyl (C=O) groups excluding carboxylic acids is 3. The number of cyclic esters (lactones) is 1. The smallest absolute Gasteiger partial charge is 0.417 e. The van der Waals surface area contributed by atoms with E-state index in [9.17, 15) is 14.4 Å². The summed E-state index contributed by atoms with van der Waals surface area (Å²) in [6, 6.07) is 9.50. The molecule has 3 atom stereocenters. The molecule has 2 aliphatic rings. The first-order valence-corrected chi connectivity index (χ1v) is 12.6. The van der Waals surface area contributed by atoms with Crippen LogP contribution in [0, 0.1) is 11.8 Å². The molecule has 0 bridgehead atoms. The standard InChI is InChI=1S/C29H33NO10/c1-15(2)18-14-39-29(33)30(18)27(31)23-24(28(32)38-7)26(17-9-11-20(35-4)22(13-17)37-6)40-25(23)16-8-10-19(34-3)21(12-16)36-5/h8-13,15,18,23,25H,14H2,1-7H3/t18-,23-,25+/m1/s1. The molecule has 40 heavy (non-hydrogen) atoms. The highest BCUT2D eigenvalue weighted by Crippen LogP contribution is 2.49. The van der Waals surface area contributed by atoms with Gasteiger partial charge >= 0.3 is 12.1 Å². The molecule has 0 spiro atoms. The zero-order valence-corrected chi connectivity index (χ0v) is 23.5. The molecule has 11 heteroatoms. The van der Waals surface area contributed by atoms with Crippen molar-refractivity contribution in [3.8, 4) is 23.0 Å². The van der Waals surface area contributed by atoms with Crippen LogP contribution in [-0.2, 0) is 23.8 Å². The maximum Gasteiger partial charge on any atom is 0.417 e. The minimum atomic E-state index is -1.25. The largest absolute Gasteiger partial charge is 0.493 e. The fraction of sp³-hybridized carbons (Fsp3) is 0.414. The summed E-state index contributed by atoms with van der Waals surface area (Å²) in [6.45, 7) is 3.82. The Balaban J connectivity index is 1.93. The highest BCUT2D eigenvalue weighted by atomic mass is 16.6. The van der Waals surface area contributed by atoms with Crippen LogP contribution in [0.1, 0.15) is 31.1 Å². The van der Waals surface area contributed by atoms with Crippen LogP contribution in [0.5, 0.6) is 23.0 Å². The summed E-state index contributed by atoms with van der Waals surface area (Å²) in [6.07, 6.45) is -1.80. The average molecular weight is 556 g/mol. The van der Waals surface area contributed by atoms with Crippen molar-refractivity contribution in [2.24, 2.45) is 11.8 Å². The van der Waals surface area contributed by atoms with E-state index < -0.39 is 36.0 Å². The Bertz CT molecular complexity index is 1330. The molecule has 2 aromatic carbocycles. The molecule has 0 unspecified atom stereocenters. The van der Waals surface area contributed by atoms with Crippen molar-refractivity contribution in [3.63, 3.8) is 0 Å². The third-order valence-electron chi connectivity index (χ3n) is 7.07. The second-order valence-electron chi connectivity index (χ2n) is 9.53. The third-order valence-corrected chi connectivity index (χ3v) is 7.07. The first kappa shape index (κ1) is 28.6. The number of imide groups is 1. The third kappa shape index (κ3) is 4.99. The molecular formula is C29H33NO10. The Morgan fingerprint density at radius 3 is 2.05 bits per heavy atom. The predicted octanol–water partition coefficient (Wildman–Crippen LogP) is 4.00. The zero-order chi connectivity index (χ0) is 29.1. The first-order valence-electron chi connectivity index (χ1n) is 12.6. The molecule has 2 aliphatic heterocycles. The van der Waals surface area contributed by atoms with E-state index in [1.54, 1.807) is 36.4 Å². The van der Waals surface area contributed by atoms with Gasteiger partial charge in [0.25, 0.3) is 0 Å². The Hall–Kier alpha value is -4.41. The van der Waals surface area contributed by atoms with Crippen LogP contribution >= 0.6 is 0 Å². The number of benzene rings is 2. The van der Waals surface area contributed by atoms with Gasteiger partial charge in [-0.3, -0.25) is 4.79 Å². The van der Waals surface area contributed by atoms with E-state index in [1.807, 2.05) is 13.8 Å². The van der Waals surface area contributed by atoms with Crippen molar-refractivity contribution in [1.29, 1.82) is 0 Å². The molecule has 0 saturated carbocycles. The van der Waals surface area contributed by atoms with Gasteiger partial charge in [-0.1, -0.05) is 19.9 Å². The number of hydrogen-bond acceptors (Lipinski definition) is 10. The number of amides is 2. The Morgan fingerprint density at radius 2 is 1.48 bits per heavy atom. The number of hydrogen-bond donors (Lipinski definition) is 0. The number of esters is 1. The molecule has 0 aromatic heterocycles. The molecule has 1 fully saturated rings. The van der Waals surface area contributed by atoms with Crippen LogP contribution in [0.25, 0.3) is 5.76 Å². The van der Waals surface area contributed by atoms with Gasteiger partial charge in [0, 0.05) is 5.56 Å². The van der Waals surface area contributed by atoms with Crippen LogP contribution in [-0.4, -0.2) is 71.1 Å². The Kier molecular flexibility index (Phi) is 8.41. The summed E-state index contributed by atoms with van der Waals surface area (Å²) in [7, 11) is 7.20. The number of nitrogens with zero attached hydrogens (tertiary/aromatic N) is 1. The van der Waals surface area contributed by atoms with Gasteiger partial charge < -0.3 is 33.2 Å². The van der Waals surface area contributed by atoms with Crippen molar-refractivity contribution in [2.75, 3.05) is 42.2 Å². The minimum Gasteiger partial charge on any atom is -0.493 e. The summed E-state index contributed by atoms with van der Waals surface area (Å²) in [4.78, 5) is 41.5. The maximum atomic E-state index is 14.3. The molecule has 1 saturated heterocycles. The number of carbonyl (C=O) groups is 3. The quantitative estimate of drug-likeness (QED) is 0.420. The van der Waals surface area contributed by atoms with Gasteiger partial charge in [0.15, 0.2) is 23.0 Å². The molecule has 4 rings (SSSR count). The molecule has 214 valence electrons. The van der Waals surface area contributed by atoms with Crippen molar-refractivity contribution < 1.29 is 47.5 Å². The Morgan fingerprint density at radius 1 is 0.875 bits per heavy atom. The van der Waals surface area contributed by atoms with Gasteiger partial charge in [0.2, 0.25) is 5.91 Å². The Labute approximate surface area is 232 Å². The van der Waals surface area contributed by atoms with E-state index in [1.165, 1.54) is 35.5 Å². The lowest BCUT2D eigenvalue weighted by Crippen LogP contribution is -2.46. The van der Waals surface area contributed by atoms with Gasteiger partial charge in [-0.2, -0.15) is 0 Å². The van der Waals surface area contributed by atoms with Crippen molar-refractivity contribution in [2.45, 2.75) is 26.0 Å². The van der Waals surface area contributed by atoms with Crippen LogP contribution < -0.4 is 18.9 Å². The average Bonchev–Trinajstić information content (AvgIpc) is 3.57. The van der Waals surface area contributed by atoms with Gasteiger partial charge in [0.05, 0.1) is 47.2 Å². The summed E-state index contributed by atoms with van der Waals surface area (Å²) >= 11 is 0. The summed E-state index contributed by atoms with van der Waals surface area (Å²) in [5.41, 5.74) is 0.923. The second kappa shape index (κ2) is 11.8. The summed E-state index contributed by atoms with van der Waals surface area (Å²) in [5.74, 6) is -0.926. The number of methoxy groups -OCH3 is 5. The zero-order valence-electron chi connectivity index (χ0n) is 23.5. The molecule has 0 N–H and O–H groups in total. The van der Waals surface area contributed by atoms with Gasteiger partial charge in [-0.05, 0) is 41.8 Å². The lowest BCUT2D eigenvalue weighted by atomic mass is 9.87. The van der Waals surface area contributed by atoms with E-state index in [-0.39, 0.29) is 23.9 Å². The minimum absolute atomic E-state index is 0.0401. The topological polar surface area (TPSA) is 119 Å². The maximum absolute atomic E-state index is 14.3. The molecule has 2 heterocycles. The van der Waals surface area contributed by atoms with E-state index in [2.05, 4.69) is 0 Å². The van der Waals surface area contributed by atoms with Gasteiger partial charge in [-0.15, -0.1) is 0 Å². The van der Waals surface area contributed by atoms with E-state index in [0.717, 1.165) is 4.90 Å². The summed E-state index contributed by atoms with van der Waals surface area (Å²) in [5, 5.41) is 0. The summed E-state index contributed by atoms with van der Waals surface area (Å²) < 4.78 is 38.4. The molecule has 11 nitrogen and oxygen atoms in total. The van der Waals surface area contributed by atoms with Crippen LogP contribution in [0.3, 0.4) is 0 Å². The lowest BCUT2D eigenvalue weighted by molar-refractivity contribution is -0.141. The van der Waals surface area contributed by atoms with Gasteiger partial charge in [0.1, 0.15) is 24.4 Å². The first-order chi connectivity index (χ1) is 19.2. The highest BCUT2D eigenvalue weighted by Gasteiger charge is 2.52. The predicted molar refractivity (Wildman–Crippen MR) is 142 cm³/mol. The van der Waals surface area contributed by atoms with Crippen molar-refractivity contribution in [3.05, 3.63) is 53.1 Å². The molecule has 0 radical (unpaired) electrons. The number of rotatable bonds is 9. The highest BCUT2D eigenvalue weighted by molar-refractivity contribution is 6.07. The fourth-order valence-corrected chi connectivity index (χ4v) is 4.95. The molecule has 2 amide bonds. The normalized spacial score (nSPS) is 20.2. The lowest BCUT2D eigenvalue weighted by Gasteiger charge is -2.28. The van der Waals surface area contributed by atoms with Gasteiger partial charge in [-0.25, -0.2) is 14.5 Å². The SMILES string of the molecule is COC(=O)C1=C(c2ccc(OC)c(OC)c2)O[C@@H](c2ccc(OC)c(OC)c2)[C@@H]1C(=O)N1C(=O)OC[C@@H]1C(C)C. The van der Waals surface area contributed by atoms with E-state index in [4.69, 9.17) is 33.2 Å². The molecule has 0 aliphatic carbocycles. The number of ether oxygens (including phenoxy) is 7. The fourth-order valence-electron chi connectivity index (χ4n) is 4.95. The molecular weight excluding hydrogens is 522 g/mol. The van der Waals surface area contributed by atoms with Crippen molar-refractivity contribution >= 4 is 23.7 Å². The monoisotopic (exact) mass is 555 g/mol. The molecule has 2 aromatic rings.